The van der Waals surface area contributed by atoms with Crippen molar-refractivity contribution in [2.24, 2.45) is 0 Å². The molecule has 3 heterocycles. The van der Waals surface area contributed by atoms with Crippen LogP contribution in [-0.4, -0.2) is 55.9 Å². The number of carbonyl (C=O) groups is 1. The van der Waals surface area contributed by atoms with E-state index in [1.54, 1.807) is 14.2 Å². The number of nitrogens with zero attached hydrogens (tertiary/aromatic N) is 2. The van der Waals surface area contributed by atoms with E-state index < -0.39 is 0 Å². The molecule has 1 saturated heterocycles. The number of methoxy groups -OCH3 is 2. The number of aryl methyl sites for hydroxylation is 1. The van der Waals surface area contributed by atoms with Gasteiger partial charge in [0.25, 0.3) is 5.91 Å². The van der Waals surface area contributed by atoms with Gasteiger partial charge in [-0.05, 0) is 49.6 Å². The first-order valence-electron chi connectivity index (χ1n) is 11.3. The Labute approximate surface area is 193 Å². The largest absolute Gasteiger partial charge is 0.494 e. The number of para-hydroxylation sites is 1. The number of ether oxygens (including phenoxy) is 4. The van der Waals surface area contributed by atoms with E-state index in [0.29, 0.717) is 37.8 Å². The first kappa shape index (κ1) is 21.5. The number of rotatable bonds is 4. The van der Waals surface area contributed by atoms with E-state index in [2.05, 4.69) is 13.0 Å². The first-order chi connectivity index (χ1) is 16.1. The number of benzene rings is 2. The third-order valence-electron chi connectivity index (χ3n) is 6.36. The summed E-state index contributed by atoms with van der Waals surface area (Å²) in [6.45, 7) is 4.07. The molecular weight excluding hydrogens is 420 g/mol. The molecule has 1 amide bonds. The third-order valence-corrected chi connectivity index (χ3v) is 6.36. The highest BCUT2D eigenvalue weighted by Gasteiger charge is 2.31. The number of hydrogen-bond acceptors (Lipinski definition) is 6. The van der Waals surface area contributed by atoms with Crippen LogP contribution < -0.4 is 14.2 Å². The lowest BCUT2D eigenvalue weighted by atomic mass is 10.0. The molecule has 33 heavy (non-hydrogen) atoms. The third kappa shape index (κ3) is 3.97. The van der Waals surface area contributed by atoms with Crippen molar-refractivity contribution in [3.63, 3.8) is 0 Å². The number of carbonyl (C=O) groups excluding carboxylic acids is 1. The molecule has 0 aliphatic carbocycles. The van der Waals surface area contributed by atoms with Crippen molar-refractivity contribution in [2.45, 2.75) is 32.4 Å². The minimum atomic E-state index is -0.353. The maximum absolute atomic E-state index is 13.0. The lowest BCUT2D eigenvalue weighted by Crippen LogP contribution is -2.39. The van der Waals surface area contributed by atoms with Gasteiger partial charge in [0.2, 0.25) is 0 Å². The zero-order valence-corrected chi connectivity index (χ0v) is 19.2. The van der Waals surface area contributed by atoms with Gasteiger partial charge in [0.15, 0.2) is 11.5 Å². The fourth-order valence-corrected chi connectivity index (χ4v) is 4.65. The van der Waals surface area contributed by atoms with Gasteiger partial charge in [-0.15, -0.1) is 0 Å². The molecule has 2 aromatic carbocycles. The standard InChI is InChI=1S/C26H28N2O5/c1-16-12-20(27-24-19(16)6-4-7-21(24)30-2)17-13-18-15-28(26(29)22-8-5-10-32-22)9-11-33-25(18)23(14-17)31-3/h4,6-7,12-14,22H,5,8-11,15H2,1-3H3. The summed E-state index contributed by atoms with van der Waals surface area (Å²) in [6, 6.07) is 12.0. The van der Waals surface area contributed by atoms with E-state index in [9.17, 15) is 4.79 Å². The van der Waals surface area contributed by atoms with Crippen LogP contribution in [0.25, 0.3) is 22.2 Å². The summed E-state index contributed by atoms with van der Waals surface area (Å²) in [5, 5.41) is 1.05. The fraction of sp³-hybridized carbons (Fsp3) is 0.385. The molecule has 3 aromatic rings. The van der Waals surface area contributed by atoms with Gasteiger partial charge in [-0.1, -0.05) is 12.1 Å². The Morgan fingerprint density at radius 3 is 2.73 bits per heavy atom. The fourth-order valence-electron chi connectivity index (χ4n) is 4.65. The molecule has 0 saturated carbocycles. The highest BCUT2D eigenvalue weighted by molar-refractivity contribution is 5.90. The van der Waals surface area contributed by atoms with Gasteiger partial charge in [-0.25, -0.2) is 4.98 Å². The van der Waals surface area contributed by atoms with Crippen LogP contribution in [0.3, 0.4) is 0 Å². The number of pyridine rings is 1. The number of aromatic nitrogens is 1. The van der Waals surface area contributed by atoms with E-state index in [1.165, 1.54) is 0 Å². The van der Waals surface area contributed by atoms with Crippen LogP contribution in [0.4, 0.5) is 0 Å². The molecule has 5 rings (SSSR count). The maximum Gasteiger partial charge on any atom is 0.252 e. The zero-order valence-electron chi connectivity index (χ0n) is 19.2. The quantitative estimate of drug-likeness (QED) is 0.598. The van der Waals surface area contributed by atoms with E-state index in [0.717, 1.165) is 51.9 Å². The molecular formula is C26H28N2O5. The summed E-state index contributed by atoms with van der Waals surface area (Å²) < 4.78 is 22.9. The highest BCUT2D eigenvalue weighted by Crippen LogP contribution is 2.39. The van der Waals surface area contributed by atoms with Gasteiger partial charge >= 0.3 is 0 Å². The predicted molar refractivity (Wildman–Crippen MR) is 125 cm³/mol. The lowest BCUT2D eigenvalue weighted by molar-refractivity contribution is -0.141. The zero-order chi connectivity index (χ0) is 22.9. The average Bonchev–Trinajstić information content (AvgIpc) is 3.29. The smallest absolute Gasteiger partial charge is 0.252 e. The van der Waals surface area contributed by atoms with Crippen LogP contribution in [0.15, 0.2) is 36.4 Å². The topological polar surface area (TPSA) is 70.1 Å². The summed E-state index contributed by atoms with van der Waals surface area (Å²) >= 11 is 0. The predicted octanol–water partition coefficient (Wildman–Crippen LogP) is 4.13. The minimum Gasteiger partial charge on any atom is -0.494 e. The van der Waals surface area contributed by atoms with Gasteiger partial charge in [0.1, 0.15) is 24.0 Å². The molecule has 0 N–H and O–H groups in total. The van der Waals surface area contributed by atoms with E-state index in [-0.39, 0.29) is 12.0 Å². The first-order valence-corrected chi connectivity index (χ1v) is 11.3. The van der Waals surface area contributed by atoms with Gasteiger partial charge in [0, 0.05) is 29.7 Å². The highest BCUT2D eigenvalue weighted by atomic mass is 16.5. The molecule has 1 fully saturated rings. The summed E-state index contributed by atoms with van der Waals surface area (Å²) in [6.07, 6.45) is 1.34. The van der Waals surface area contributed by atoms with Gasteiger partial charge in [-0.2, -0.15) is 0 Å². The number of hydrogen-bond donors (Lipinski definition) is 0. The maximum atomic E-state index is 13.0. The van der Waals surface area contributed by atoms with Crippen molar-refractivity contribution in [3.05, 3.63) is 47.5 Å². The molecule has 2 aliphatic rings. The lowest BCUT2D eigenvalue weighted by Gasteiger charge is -2.23. The average molecular weight is 449 g/mol. The van der Waals surface area contributed by atoms with E-state index in [1.807, 2.05) is 35.2 Å². The molecule has 172 valence electrons. The Morgan fingerprint density at radius 1 is 1.12 bits per heavy atom. The molecule has 1 unspecified atom stereocenters. The molecule has 2 aliphatic heterocycles. The molecule has 0 spiro atoms. The van der Waals surface area contributed by atoms with Gasteiger partial charge in [0.05, 0.1) is 26.5 Å². The van der Waals surface area contributed by atoms with Crippen molar-refractivity contribution < 1.29 is 23.7 Å². The Hall–Kier alpha value is -3.32. The van der Waals surface area contributed by atoms with Gasteiger partial charge in [-0.3, -0.25) is 4.79 Å². The molecule has 7 heteroatoms. The second-order valence-electron chi connectivity index (χ2n) is 8.46. The Bertz CT molecular complexity index is 1200. The Balaban J connectivity index is 1.57. The Kier molecular flexibility index (Phi) is 5.81. The monoisotopic (exact) mass is 448 g/mol. The van der Waals surface area contributed by atoms with Crippen LogP contribution >= 0.6 is 0 Å². The summed E-state index contributed by atoms with van der Waals surface area (Å²) in [5.74, 6) is 2.07. The van der Waals surface area contributed by atoms with Crippen molar-refractivity contribution in [1.29, 1.82) is 0 Å². The summed E-state index contributed by atoms with van der Waals surface area (Å²) in [7, 11) is 3.28. The normalized spacial score (nSPS) is 17.9. The molecule has 1 atom stereocenters. The van der Waals surface area contributed by atoms with Crippen molar-refractivity contribution in [1.82, 2.24) is 9.88 Å². The van der Waals surface area contributed by atoms with Crippen molar-refractivity contribution in [3.8, 4) is 28.5 Å². The van der Waals surface area contributed by atoms with E-state index in [4.69, 9.17) is 23.9 Å². The number of fused-ring (bicyclic) bond motifs is 2. The van der Waals surface area contributed by atoms with Crippen molar-refractivity contribution in [2.75, 3.05) is 34.0 Å². The second kappa shape index (κ2) is 8.90. The van der Waals surface area contributed by atoms with Crippen LogP contribution in [0.5, 0.6) is 17.2 Å². The second-order valence-corrected chi connectivity index (χ2v) is 8.46. The molecule has 1 aromatic heterocycles. The van der Waals surface area contributed by atoms with Gasteiger partial charge < -0.3 is 23.8 Å². The molecule has 7 nitrogen and oxygen atoms in total. The summed E-state index contributed by atoms with van der Waals surface area (Å²) in [5.41, 5.74) is 4.53. The van der Waals surface area contributed by atoms with Crippen LogP contribution in [0.2, 0.25) is 0 Å². The SMILES string of the molecule is COc1cc(-c2cc(C)c3cccc(OC)c3n2)cc2c1OCCN(C(=O)C1CCCO1)C2. The van der Waals surface area contributed by atoms with Crippen molar-refractivity contribution >= 4 is 16.8 Å². The van der Waals surface area contributed by atoms with Crippen LogP contribution in [-0.2, 0) is 16.1 Å². The molecule has 0 bridgehead atoms. The minimum absolute atomic E-state index is 0.0257. The Morgan fingerprint density at radius 2 is 1.97 bits per heavy atom. The van der Waals surface area contributed by atoms with Crippen LogP contribution in [0, 0.1) is 6.92 Å². The van der Waals surface area contributed by atoms with E-state index >= 15 is 0 Å². The molecule has 0 radical (unpaired) electrons. The van der Waals surface area contributed by atoms with Crippen LogP contribution in [0.1, 0.15) is 24.0 Å². The summed E-state index contributed by atoms with van der Waals surface area (Å²) in [4.78, 5) is 19.8. The number of amides is 1.